The van der Waals surface area contributed by atoms with E-state index < -0.39 is 10.0 Å². The van der Waals surface area contributed by atoms with Crippen molar-refractivity contribution >= 4 is 60.5 Å². The fourth-order valence-corrected chi connectivity index (χ4v) is 5.57. The predicted molar refractivity (Wildman–Crippen MR) is 137 cm³/mol. The van der Waals surface area contributed by atoms with Gasteiger partial charge in [-0.2, -0.15) is 0 Å². The molecular weight excluding hydrogens is 506 g/mol. The van der Waals surface area contributed by atoms with Gasteiger partial charge in [0.25, 0.3) is 10.0 Å². The van der Waals surface area contributed by atoms with Crippen molar-refractivity contribution in [1.82, 2.24) is 15.2 Å². The maximum absolute atomic E-state index is 13.2. The maximum Gasteiger partial charge on any atom is 0.263 e. The summed E-state index contributed by atoms with van der Waals surface area (Å²) in [5.41, 5.74) is 8.68. The van der Waals surface area contributed by atoms with Crippen molar-refractivity contribution in [2.45, 2.75) is 4.90 Å². The third-order valence-corrected chi connectivity index (χ3v) is 7.85. The van der Waals surface area contributed by atoms with Gasteiger partial charge in [0, 0.05) is 16.5 Å². The number of nitrogens with two attached hydrogens (primary N) is 1. The second-order valence-electron chi connectivity index (χ2n) is 7.46. The molecule has 0 fully saturated rings. The molecule has 0 bridgehead atoms. The smallest absolute Gasteiger partial charge is 0.263 e. The van der Waals surface area contributed by atoms with Crippen molar-refractivity contribution in [2.24, 2.45) is 0 Å². The molecule has 5 rings (SSSR count). The van der Waals surface area contributed by atoms with Crippen LogP contribution in [-0.4, -0.2) is 29.4 Å². The molecule has 0 aliphatic heterocycles. The van der Waals surface area contributed by atoms with E-state index in [0.29, 0.717) is 26.3 Å². The van der Waals surface area contributed by atoms with Crippen LogP contribution < -0.4 is 10.5 Å². The van der Waals surface area contributed by atoms with Gasteiger partial charge in [0.1, 0.15) is 9.71 Å². The fourth-order valence-electron chi connectivity index (χ4n) is 3.42. The van der Waals surface area contributed by atoms with Crippen LogP contribution in [0.25, 0.3) is 21.5 Å². The first kappa shape index (κ1) is 22.9. The molecule has 8 nitrogen and oxygen atoms in total. The van der Waals surface area contributed by atoms with Gasteiger partial charge in [-0.15, -0.1) is 21.5 Å². The Morgan fingerprint density at radius 1 is 0.914 bits per heavy atom. The minimum absolute atomic E-state index is 0.0231. The molecule has 0 amide bonds. The number of rotatable bonds is 6. The number of hydrogen-bond donors (Lipinski definition) is 2. The second kappa shape index (κ2) is 9.06. The number of halogens is 1. The number of nitrogens with one attached hydrogen (secondary N) is 1. The number of carbonyl (C=O) groups excluding carboxylic acids is 1. The Kier molecular flexibility index (Phi) is 5.93. The molecule has 11 heteroatoms. The van der Waals surface area contributed by atoms with Gasteiger partial charge < -0.3 is 5.73 Å². The summed E-state index contributed by atoms with van der Waals surface area (Å²) < 4.78 is 27.6. The molecule has 3 N–H and O–H groups in total. The Balaban J connectivity index is 1.41. The van der Waals surface area contributed by atoms with E-state index in [1.54, 1.807) is 0 Å². The quantitative estimate of drug-likeness (QED) is 0.300. The summed E-state index contributed by atoms with van der Waals surface area (Å²) in [6.07, 6.45) is 0. The molecule has 0 unspecified atom stereocenters. The van der Waals surface area contributed by atoms with E-state index in [4.69, 9.17) is 17.3 Å². The summed E-state index contributed by atoms with van der Waals surface area (Å²) in [5, 5.41) is 8.13. The number of fused-ring (bicyclic) bond motifs is 1. The second-order valence-corrected chi connectivity index (χ2v) is 10.5. The zero-order valence-corrected chi connectivity index (χ0v) is 20.2. The van der Waals surface area contributed by atoms with Crippen molar-refractivity contribution in [3.63, 3.8) is 0 Å². The van der Waals surface area contributed by atoms with Gasteiger partial charge in [-0.05, 0) is 48.5 Å². The minimum atomic E-state index is -3.93. The lowest BCUT2D eigenvalue weighted by molar-refractivity contribution is 0.104. The highest BCUT2D eigenvalue weighted by atomic mass is 35.5. The molecule has 0 saturated carbocycles. The predicted octanol–water partition coefficient (Wildman–Crippen LogP) is 5.02. The molecule has 0 aliphatic carbocycles. The number of sulfonamides is 1. The third-order valence-electron chi connectivity index (χ3n) is 5.17. The largest absolute Gasteiger partial charge is 0.397 e. The molecule has 0 spiro atoms. The summed E-state index contributed by atoms with van der Waals surface area (Å²) in [6.45, 7) is 0. The van der Waals surface area contributed by atoms with Gasteiger partial charge in [-0.25, -0.2) is 13.4 Å². The van der Waals surface area contributed by atoms with Crippen LogP contribution in [0.1, 0.15) is 15.2 Å². The summed E-state index contributed by atoms with van der Waals surface area (Å²) in [4.78, 5) is 18.8. The highest BCUT2D eigenvalue weighted by Gasteiger charge is 2.21. The standard InChI is InChI=1S/C24H16ClN5O3S2/c25-19-12-13-20(29-28-19)30-35(32,33)16-8-6-15(7-9-16)22(31)23-21(26)17-10-11-18(27-24(17)34-23)14-4-2-1-3-5-14/h1-13H,26H2,(H,29,30). The zero-order valence-electron chi connectivity index (χ0n) is 17.8. The Labute approximate surface area is 209 Å². The summed E-state index contributed by atoms with van der Waals surface area (Å²) in [5.74, 6) is -0.290. The van der Waals surface area contributed by atoms with Crippen LogP contribution >= 0.6 is 22.9 Å². The van der Waals surface area contributed by atoms with Crippen molar-refractivity contribution < 1.29 is 13.2 Å². The van der Waals surface area contributed by atoms with E-state index >= 15 is 0 Å². The number of ketones is 1. The monoisotopic (exact) mass is 521 g/mol. The van der Waals surface area contributed by atoms with E-state index in [9.17, 15) is 13.2 Å². The first-order chi connectivity index (χ1) is 16.8. The molecule has 0 radical (unpaired) electrons. The molecule has 3 heterocycles. The Morgan fingerprint density at radius 2 is 1.66 bits per heavy atom. The van der Waals surface area contributed by atoms with Gasteiger partial charge in [0.15, 0.2) is 11.0 Å². The van der Waals surface area contributed by atoms with Crippen LogP contribution in [0.5, 0.6) is 0 Å². The molecular formula is C24H16ClN5O3S2. The van der Waals surface area contributed by atoms with Crippen LogP contribution in [-0.2, 0) is 10.0 Å². The van der Waals surface area contributed by atoms with Gasteiger partial charge in [0.2, 0.25) is 5.78 Å². The number of benzene rings is 2. The number of pyridine rings is 1. The van der Waals surface area contributed by atoms with Crippen LogP contribution in [0.4, 0.5) is 11.5 Å². The Hall–Kier alpha value is -3.86. The average Bonchev–Trinajstić information content (AvgIpc) is 3.21. The van der Waals surface area contributed by atoms with E-state index in [1.165, 1.54) is 47.7 Å². The number of nitrogens with zero attached hydrogens (tertiary/aromatic N) is 3. The number of anilines is 2. The van der Waals surface area contributed by atoms with Crippen molar-refractivity contribution in [3.05, 3.63) is 94.5 Å². The lowest BCUT2D eigenvalue weighted by Gasteiger charge is -2.07. The summed E-state index contributed by atoms with van der Waals surface area (Å²) >= 11 is 6.88. The van der Waals surface area contributed by atoms with Crippen LogP contribution in [0.15, 0.2) is 83.8 Å². The molecule has 35 heavy (non-hydrogen) atoms. The first-order valence-corrected chi connectivity index (χ1v) is 12.9. The highest BCUT2D eigenvalue weighted by Crippen LogP contribution is 2.35. The number of thiophene rings is 1. The number of hydrogen-bond acceptors (Lipinski definition) is 8. The van der Waals surface area contributed by atoms with Crippen molar-refractivity contribution in [3.8, 4) is 11.3 Å². The molecule has 3 aromatic heterocycles. The SMILES string of the molecule is Nc1c(C(=O)c2ccc(S(=O)(=O)Nc3ccc(Cl)nn3)cc2)sc2nc(-c3ccccc3)ccc12. The lowest BCUT2D eigenvalue weighted by atomic mass is 10.1. The van der Waals surface area contributed by atoms with E-state index in [1.807, 2.05) is 42.5 Å². The van der Waals surface area contributed by atoms with E-state index in [2.05, 4.69) is 19.9 Å². The van der Waals surface area contributed by atoms with E-state index in [-0.39, 0.29) is 21.6 Å². The number of aromatic nitrogens is 3. The van der Waals surface area contributed by atoms with Gasteiger partial charge >= 0.3 is 0 Å². The molecule has 0 atom stereocenters. The molecule has 0 aliphatic rings. The minimum Gasteiger partial charge on any atom is -0.397 e. The summed E-state index contributed by atoms with van der Waals surface area (Å²) in [7, 11) is -3.93. The van der Waals surface area contributed by atoms with Crippen molar-refractivity contribution in [1.29, 1.82) is 0 Å². The third kappa shape index (κ3) is 4.59. The average molecular weight is 522 g/mol. The molecule has 5 aromatic rings. The first-order valence-electron chi connectivity index (χ1n) is 10.2. The van der Waals surface area contributed by atoms with Gasteiger partial charge in [-0.3, -0.25) is 9.52 Å². The molecule has 0 saturated heterocycles. The zero-order chi connectivity index (χ0) is 24.6. The normalized spacial score (nSPS) is 11.5. The maximum atomic E-state index is 13.2. The lowest BCUT2D eigenvalue weighted by Crippen LogP contribution is -2.14. The summed E-state index contributed by atoms with van der Waals surface area (Å²) in [6, 6.07) is 21.8. The topological polar surface area (TPSA) is 128 Å². The number of nitrogen functional groups attached to an aromatic ring is 1. The Morgan fingerprint density at radius 3 is 2.34 bits per heavy atom. The fraction of sp³-hybridized carbons (Fsp3) is 0. The molecule has 174 valence electrons. The number of carbonyl (C=O) groups is 1. The molecule has 2 aromatic carbocycles. The van der Waals surface area contributed by atoms with Crippen LogP contribution in [0.3, 0.4) is 0 Å². The van der Waals surface area contributed by atoms with Gasteiger partial charge in [-0.1, -0.05) is 41.9 Å². The van der Waals surface area contributed by atoms with Crippen LogP contribution in [0.2, 0.25) is 5.15 Å². The van der Waals surface area contributed by atoms with Crippen molar-refractivity contribution in [2.75, 3.05) is 10.5 Å². The van der Waals surface area contributed by atoms with Gasteiger partial charge in [0.05, 0.1) is 16.3 Å². The highest BCUT2D eigenvalue weighted by molar-refractivity contribution is 7.92. The van der Waals surface area contributed by atoms with E-state index in [0.717, 1.165) is 11.3 Å². The Bertz CT molecular complexity index is 1650. The van der Waals surface area contributed by atoms with Crippen LogP contribution in [0, 0.1) is 0 Å².